The average molecular weight is 587 g/mol. The van der Waals surface area contributed by atoms with Crippen LogP contribution in [0, 0.1) is 0 Å². The Kier molecular flexibility index (Phi) is 9.12. The van der Waals surface area contributed by atoms with Crippen molar-refractivity contribution in [2.45, 2.75) is 46.0 Å². The number of nitrogens with zero attached hydrogens (tertiary/aromatic N) is 2. The van der Waals surface area contributed by atoms with Crippen molar-refractivity contribution in [3.8, 4) is 11.1 Å². The maximum absolute atomic E-state index is 2.33. The van der Waals surface area contributed by atoms with Gasteiger partial charge in [-0.15, -0.1) is 0 Å². The molecule has 45 heavy (non-hydrogen) atoms. The third kappa shape index (κ3) is 6.71. The molecule has 6 aromatic carbocycles. The predicted octanol–water partition coefficient (Wildman–Crippen LogP) is 12.9. The number of hydrogen-bond acceptors (Lipinski definition) is 2. The van der Waals surface area contributed by atoms with Gasteiger partial charge in [0.05, 0.1) is 0 Å². The lowest BCUT2D eigenvalue weighted by atomic mass is 9.98. The fourth-order valence-electron chi connectivity index (χ4n) is 5.85. The van der Waals surface area contributed by atoms with Crippen LogP contribution in [-0.4, -0.2) is 0 Å². The topological polar surface area (TPSA) is 6.48 Å². The highest BCUT2D eigenvalue weighted by atomic mass is 15.1. The molecule has 0 aliphatic rings. The summed E-state index contributed by atoms with van der Waals surface area (Å²) in [6, 6.07) is 57.0. The van der Waals surface area contributed by atoms with E-state index in [2.05, 4.69) is 195 Å². The summed E-state index contributed by atoms with van der Waals surface area (Å²) in [6.45, 7) is 9.01. The quantitative estimate of drug-likeness (QED) is 0.157. The highest BCUT2D eigenvalue weighted by Gasteiger charge is 2.15. The van der Waals surface area contributed by atoms with Gasteiger partial charge in [0.15, 0.2) is 0 Å². The second-order valence-corrected chi connectivity index (χ2v) is 12.1. The summed E-state index contributed by atoms with van der Waals surface area (Å²) in [6.07, 6.45) is 1.14. The lowest BCUT2D eigenvalue weighted by molar-refractivity contribution is 0.733. The van der Waals surface area contributed by atoms with E-state index in [9.17, 15) is 0 Å². The Morgan fingerprint density at radius 3 is 1.02 bits per heavy atom. The molecule has 0 spiro atoms. The molecule has 0 saturated heterocycles. The van der Waals surface area contributed by atoms with Crippen LogP contribution in [-0.2, 0) is 0 Å². The van der Waals surface area contributed by atoms with E-state index < -0.39 is 0 Å². The average Bonchev–Trinajstić information content (AvgIpc) is 3.10. The molecule has 0 radical (unpaired) electrons. The van der Waals surface area contributed by atoms with Crippen molar-refractivity contribution >= 4 is 34.1 Å². The zero-order valence-corrected chi connectivity index (χ0v) is 26.8. The third-order valence-electron chi connectivity index (χ3n) is 8.76. The minimum atomic E-state index is 0.504. The molecule has 0 saturated carbocycles. The minimum Gasteiger partial charge on any atom is -0.311 e. The van der Waals surface area contributed by atoms with Crippen molar-refractivity contribution in [3.63, 3.8) is 0 Å². The van der Waals surface area contributed by atoms with Gasteiger partial charge in [-0.25, -0.2) is 0 Å². The predicted molar refractivity (Wildman–Crippen MR) is 194 cm³/mol. The van der Waals surface area contributed by atoms with E-state index in [0.29, 0.717) is 11.8 Å². The molecule has 0 bridgehead atoms. The molecule has 0 heterocycles. The van der Waals surface area contributed by atoms with E-state index in [0.717, 1.165) is 40.5 Å². The lowest BCUT2D eigenvalue weighted by Gasteiger charge is -2.26. The first-order chi connectivity index (χ1) is 22.0. The van der Waals surface area contributed by atoms with E-state index in [1.54, 1.807) is 0 Å². The summed E-state index contributed by atoms with van der Waals surface area (Å²) in [4.78, 5) is 4.65. The van der Waals surface area contributed by atoms with E-state index in [1.165, 1.54) is 22.3 Å². The molecule has 0 aliphatic heterocycles. The summed E-state index contributed by atoms with van der Waals surface area (Å²) >= 11 is 0. The van der Waals surface area contributed by atoms with Gasteiger partial charge >= 0.3 is 0 Å². The third-order valence-corrected chi connectivity index (χ3v) is 8.76. The minimum absolute atomic E-state index is 0.504. The molecule has 1 atom stereocenters. The molecule has 6 aromatic rings. The number of rotatable bonds is 10. The fourth-order valence-corrected chi connectivity index (χ4v) is 5.85. The first kappa shape index (κ1) is 30.0. The largest absolute Gasteiger partial charge is 0.311 e. The van der Waals surface area contributed by atoms with Crippen molar-refractivity contribution in [2.75, 3.05) is 9.80 Å². The van der Waals surface area contributed by atoms with Gasteiger partial charge in [-0.05, 0) is 113 Å². The smallest absolute Gasteiger partial charge is 0.0462 e. The van der Waals surface area contributed by atoms with Crippen LogP contribution in [0.15, 0.2) is 158 Å². The Morgan fingerprint density at radius 1 is 0.378 bits per heavy atom. The SMILES string of the molecule is CCC(C)c1ccc(N(c2ccccc2)c2ccc(-c3ccc(N(c4ccccc4)c4ccc(C(C)C)cc4)cc3)cc2)cc1. The van der Waals surface area contributed by atoms with Crippen molar-refractivity contribution < 1.29 is 0 Å². The number of hydrogen-bond donors (Lipinski definition) is 0. The highest BCUT2D eigenvalue weighted by molar-refractivity contribution is 5.80. The Morgan fingerprint density at radius 2 is 0.689 bits per heavy atom. The van der Waals surface area contributed by atoms with Crippen LogP contribution in [0.4, 0.5) is 34.1 Å². The zero-order chi connectivity index (χ0) is 31.2. The van der Waals surface area contributed by atoms with Crippen LogP contribution in [0.25, 0.3) is 11.1 Å². The normalized spacial score (nSPS) is 11.8. The van der Waals surface area contributed by atoms with Gasteiger partial charge < -0.3 is 9.80 Å². The van der Waals surface area contributed by atoms with E-state index in [1.807, 2.05) is 0 Å². The fraction of sp³-hybridized carbons (Fsp3) is 0.163. The maximum atomic E-state index is 2.33. The first-order valence-corrected chi connectivity index (χ1v) is 16.1. The summed E-state index contributed by atoms with van der Waals surface area (Å²) in [5, 5.41) is 0. The molecule has 2 heteroatoms. The standard InChI is InChI=1S/C43H42N2/c1-5-33(4)35-18-26-41(27-19-35)45(39-14-10-7-11-15-39)43-30-22-37(23-31-43)36-20-28-42(29-21-36)44(38-12-8-6-9-13-38)40-24-16-34(17-25-40)32(2)3/h6-33H,5H2,1-4H3. The Balaban J connectivity index is 1.29. The molecule has 1 unspecified atom stereocenters. The Hall–Kier alpha value is -5.08. The summed E-state index contributed by atoms with van der Waals surface area (Å²) in [7, 11) is 0. The molecule has 0 amide bonds. The maximum Gasteiger partial charge on any atom is 0.0462 e. The van der Waals surface area contributed by atoms with Gasteiger partial charge in [0, 0.05) is 34.1 Å². The molecule has 224 valence electrons. The van der Waals surface area contributed by atoms with Gasteiger partial charge in [-0.2, -0.15) is 0 Å². The van der Waals surface area contributed by atoms with Crippen LogP contribution in [0.2, 0.25) is 0 Å². The second-order valence-electron chi connectivity index (χ2n) is 12.1. The van der Waals surface area contributed by atoms with Crippen LogP contribution in [0.1, 0.15) is 57.1 Å². The number of benzene rings is 6. The van der Waals surface area contributed by atoms with E-state index >= 15 is 0 Å². The van der Waals surface area contributed by atoms with Gasteiger partial charge in [-0.3, -0.25) is 0 Å². The van der Waals surface area contributed by atoms with E-state index in [-0.39, 0.29) is 0 Å². The molecule has 0 fully saturated rings. The van der Waals surface area contributed by atoms with Crippen LogP contribution in [0.3, 0.4) is 0 Å². The van der Waals surface area contributed by atoms with Crippen LogP contribution in [0.5, 0.6) is 0 Å². The van der Waals surface area contributed by atoms with Crippen molar-refractivity contribution in [3.05, 3.63) is 169 Å². The molecule has 0 aliphatic carbocycles. The first-order valence-electron chi connectivity index (χ1n) is 16.1. The zero-order valence-electron chi connectivity index (χ0n) is 26.8. The Bertz CT molecular complexity index is 1770. The summed E-state index contributed by atoms with van der Waals surface area (Å²) < 4.78 is 0. The van der Waals surface area contributed by atoms with Crippen LogP contribution >= 0.6 is 0 Å². The molecule has 0 N–H and O–H groups in total. The lowest BCUT2D eigenvalue weighted by Crippen LogP contribution is -2.10. The summed E-state index contributed by atoms with van der Waals surface area (Å²) in [5.41, 5.74) is 12.0. The number of para-hydroxylation sites is 2. The molecule has 2 nitrogen and oxygen atoms in total. The number of anilines is 6. The summed E-state index contributed by atoms with van der Waals surface area (Å²) in [5.74, 6) is 1.06. The van der Waals surface area contributed by atoms with Crippen LogP contribution < -0.4 is 9.80 Å². The van der Waals surface area contributed by atoms with Crippen molar-refractivity contribution in [2.24, 2.45) is 0 Å². The van der Waals surface area contributed by atoms with Crippen molar-refractivity contribution in [1.29, 1.82) is 0 Å². The monoisotopic (exact) mass is 586 g/mol. The second kappa shape index (κ2) is 13.7. The molecule has 0 aromatic heterocycles. The molecular weight excluding hydrogens is 544 g/mol. The highest BCUT2D eigenvalue weighted by Crippen LogP contribution is 2.38. The van der Waals surface area contributed by atoms with Gasteiger partial charge in [-0.1, -0.05) is 113 Å². The van der Waals surface area contributed by atoms with Gasteiger partial charge in [0.25, 0.3) is 0 Å². The van der Waals surface area contributed by atoms with E-state index in [4.69, 9.17) is 0 Å². The molecular formula is C43H42N2. The van der Waals surface area contributed by atoms with Gasteiger partial charge in [0.1, 0.15) is 0 Å². The molecule has 6 rings (SSSR count). The van der Waals surface area contributed by atoms with Gasteiger partial charge in [0.2, 0.25) is 0 Å². The Labute approximate surface area is 269 Å². The van der Waals surface area contributed by atoms with Crippen molar-refractivity contribution in [1.82, 2.24) is 0 Å².